The van der Waals surface area contributed by atoms with E-state index in [1.54, 1.807) is 4.57 Å². The summed E-state index contributed by atoms with van der Waals surface area (Å²) in [6, 6.07) is 17.5. The summed E-state index contributed by atoms with van der Waals surface area (Å²) in [5.41, 5.74) is 2.26. The fourth-order valence-electron chi connectivity index (χ4n) is 2.79. The average molecular weight is 335 g/mol. The van der Waals surface area contributed by atoms with Crippen LogP contribution in [0.4, 0.5) is 5.69 Å². The Morgan fingerprint density at radius 3 is 2.48 bits per heavy atom. The van der Waals surface area contributed by atoms with Crippen molar-refractivity contribution in [2.45, 2.75) is 26.8 Å². The molecule has 0 aliphatic rings. The zero-order valence-electron chi connectivity index (χ0n) is 14.4. The first kappa shape index (κ1) is 16.9. The predicted molar refractivity (Wildman–Crippen MR) is 98.1 cm³/mol. The molecule has 0 atom stereocenters. The number of rotatable bonds is 5. The molecular weight excluding hydrogens is 314 g/mol. The molecule has 2 aromatic carbocycles. The molecule has 0 aliphatic carbocycles. The molecule has 25 heavy (non-hydrogen) atoms. The maximum absolute atomic E-state index is 11.8. The van der Waals surface area contributed by atoms with Gasteiger partial charge in [0.2, 0.25) is 5.88 Å². The van der Waals surface area contributed by atoms with Crippen LogP contribution in [0, 0.1) is 5.92 Å². The van der Waals surface area contributed by atoms with Crippen LogP contribution in [0.2, 0.25) is 0 Å². The van der Waals surface area contributed by atoms with Gasteiger partial charge in [-0.05, 0) is 17.5 Å². The third-order valence-corrected chi connectivity index (χ3v) is 3.95. The molecule has 0 saturated heterocycles. The number of aromatic hydroxyl groups is 1. The Balaban J connectivity index is 2.00. The number of hydrogen-bond donors (Lipinski definition) is 1. The molecule has 5 heteroatoms. The molecule has 0 unspecified atom stereocenters. The molecule has 0 spiro atoms. The van der Waals surface area contributed by atoms with Gasteiger partial charge in [-0.25, -0.2) is 0 Å². The number of azo groups is 1. The van der Waals surface area contributed by atoms with Crippen LogP contribution in [-0.2, 0) is 11.3 Å². The highest BCUT2D eigenvalue weighted by molar-refractivity contribution is 5.95. The lowest BCUT2D eigenvalue weighted by Crippen LogP contribution is -1.98. The summed E-state index contributed by atoms with van der Waals surface area (Å²) in [7, 11) is 0. The number of carbonyl (C=O) groups excluding carboxylic acids is 1. The van der Waals surface area contributed by atoms with Gasteiger partial charge in [0.15, 0.2) is 5.69 Å². The lowest BCUT2D eigenvalue weighted by Gasteiger charge is -2.06. The monoisotopic (exact) mass is 335 g/mol. The summed E-state index contributed by atoms with van der Waals surface area (Å²) in [5, 5.41) is 19.3. The van der Waals surface area contributed by atoms with Crippen molar-refractivity contribution in [1.29, 1.82) is 0 Å². The van der Waals surface area contributed by atoms with E-state index in [4.69, 9.17) is 0 Å². The maximum atomic E-state index is 11.8. The van der Waals surface area contributed by atoms with E-state index in [1.165, 1.54) is 0 Å². The van der Waals surface area contributed by atoms with Gasteiger partial charge in [0, 0.05) is 11.8 Å². The summed E-state index contributed by atoms with van der Waals surface area (Å²) in [5.74, 6) is -0.0417. The van der Waals surface area contributed by atoms with E-state index in [1.807, 2.05) is 68.4 Å². The van der Waals surface area contributed by atoms with Crippen molar-refractivity contribution in [3.05, 3.63) is 60.2 Å². The van der Waals surface area contributed by atoms with Gasteiger partial charge in [-0.15, -0.1) is 10.2 Å². The Kier molecular flexibility index (Phi) is 4.93. The summed E-state index contributed by atoms with van der Waals surface area (Å²) in [4.78, 5) is 11.8. The molecule has 1 heterocycles. The number of amides is 1. The van der Waals surface area contributed by atoms with Crippen LogP contribution < -0.4 is 0 Å². The Morgan fingerprint density at radius 2 is 1.76 bits per heavy atom. The van der Waals surface area contributed by atoms with Crippen LogP contribution in [0.15, 0.2) is 64.8 Å². The topological polar surface area (TPSA) is 66.9 Å². The van der Waals surface area contributed by atoms with Crippen LogP contribution >= 0.6 is 0 Å². The molecular formula is C20H21N3O2. The highest BCUT2D eigenvalue weighted by atomic mass is 16.3. The van der Waals surface area contributed by atoms with E-state index in [2.05, 4.69) is 10.2 Å². The van der Waals surface area contributed by atoms with Crippen molar-refractivity contribution >= 4 is 22.5 Å². The number of aromatic nitrogens is 1. The molecule has 1 aromatic heterocycles. The van der Waals surface area contributed by atoms with E-state index < -0.39 is 0 Å². The lowest BCUT2D eigenvalue weighted by molar-refractivity contribution is -0.118. The molecule has 5 nitrogen and oxygen atoms in total. The van der Waals surface area contributed by atoms with Crippen molar-refractivity contribution in [2.75, 3.05) is 0 Å². The van der Waals surface area contributed by atoms with Crippen molar-refractivity contribution in [3.63, 3.8) is 0 Å². The Labute approximate surface area is 146 Å². The summed E-state index contributed by atoms with van der Waals surface area (Å²) in [6.07, 6.45) is 0.340. The van der Waals surface area contributed by atoms with E-state index >= 15 is 0 Å². The van der Waals surface area contributed by atoms with Crippen molar-refractivity contribution in [2.24, 2.45) is 16.1 Å². The van der Waals surface area contributed by atoms with Crippen molar-refractivity contribution < 1.29 is 9.90 Å². The highest BCUT2D eigenvalue weighted by Crippen LogP contribution is 2.39. The number of carbonyl (C=O) groups is 1. The highest BCUT2D eigenvalue weighted by Gasteiger charge is 2.17. The van der Waals surface area contributed by atoms with Crippen LogP contribution in [0.25, 0.3) is 10.9 Å². The van der Waals surface area contributed by atoms with Gasteiger partial charge in [-0.1, -0.05) is 62.4 Å². The quantitative estimate of drug-likeness (QED) is 0.663. The predicted octanol–water partition coefficient (Wildman–Crippen LogP) is 5.05. The van der Waals surface area contributed by atoms with Crippen LogP contribution in [-0.4, -0.2) is 15.6 Å². The van der Waals surface area contributed by atoms with Gasteiger partial charge in [-0.2, -0.15) is 0 Å². The summed E-state index contributed by atoms with van der Waals surface area (Å²) in [6.45, 7) is 4.43. The number of benzene rings is 2. The second-order valence-electron chi connectivity index (χ2n) is 6.45. The molecule has 0 radical (unpaired) electrons. The zero-order valence-corrected chi connectivity index (χ0v) is 14.4. The first-order valence-corrected chi connectivity index (χ1v) is 8.35. The van der Waals surface area contributed by atoms with Crippen LogP contribution in [0.1, 0.15) is 25.8 Å². The van der Waals surface area contributed by atoms with Gasteiger partial charge in [-0.3, -0.25) is 4.79 Å². The van der Waals surface area contributed by atoms with Gasteiger partial charge in [0.05, 0.1) is 12.1 Å². The largest absolute Gasteiger partial charge is 0.493 e. The fourth-order valence-corrected chi connectivity index (χ4v) is 2.79. The third-order valence-electron chi connectivity index (χ3n) is 3.95. The van der Waals surface area contributed by atoms with E-state index in [9.17, 15) is 9.90 Å². The average Bonchev–Trinajstić information content (AvgIpc) is 2.85. The van der Waals surface area contributed by atoms with Crippen molar-refractivity contribution in [3.8, 4) is 5.88 Å². The van der Waals surface area contributed by atoms with Crippen LogP contribution in [0.3, 0.4) is 0 Å². The van der Waals surface area contributed by atoms with E-state index in [-0.39, 0.29) is 17.7 Å². The minimum atomic E-state index is -0.283. The van der Waals surface area contributed by atoms with Gasteiger partial charge >= 0.3 is 0 Å². The van der Waals surface area contributed by atoms with Crippen molar-refractivity contribution in [1.82, 2.24) is 4.57 Å². The molecule has 3 aromatic rings. The molecule has 0 bridgehead atoms. The normalized spacial score (nSPS) is 11.6. The number of para-hydroxylation sites is 1. The van der Waals surface area contributed by atoms with Gasteiger partial charge < -0.3 is 9.67 Å². The first-order chi connectivity index (χ1) is 12.1. The summed E-state index contributed by atoms with van der Waals surface area (Å²) < 4.78 is 1.78. The minimum Gasteiger partial charge on any atom is -0.493 e. The second kappa shape index (κ2) is 7.30. The minimum absolute atomic E-state index is 0.0196. The standard InChI is InChI=1S/C20H21N3O2/c1-14(2)12-18(24)21-22-19-16-10-6-7-11-17(16)23(20(19)25)13-15-8-4-3-5-9-15/h3-11,14,25H,12-13H2,1-2H3. The molecule has 1 N–H and O–H groups in total. The van der Waals surface area contributed by atoms with Gasteiger partial charge in [0.25, 0.3) is 5.91 Å². The molecule has 0 fully saturated rings. The van der Waals surface area contributed by atoms with Crippen LogP contribution in [0.5, 0.6) is 5.88 Å². The Morgan fingerprint density at radius 1 is 1.08 bits per heavy atom. The molecule has 128 valence electrons. The smallest absolute Gasteiger partial charge is 0.265 e. The Hall–Kier alpha value is -2.95. The Bertz CT molecular complexity index is 911. The first-order valence-electron chi connectivity index (χ1n) is 8.35. The zero-order chi connectivity index (χ0) is 17.8. The van der Waals surface area contributed by atoms with E-state index in [0.717, 1.165) is 16.5 Å². The molecule has 0 aliphatic heterocycles. The second-order valence-corrected chi connectivity index (χ2v) is 6.45. The van der Waals surface area contributed by atoms with E-state index in [0.29, 0.717) is 18.7 Å². The molecule has 0 saturated carbocycles. The third kappa shape index (κ3) is 3.76. The SMILES string of the molecule is CC(C)CC(=O)N=Nc1c(O)n(Cc2ccccc2)c2ccccc12. The fraction of sp³-hybridized carbons (Fsp3) is 0.250. The number of nitrogens with zero attached hydrogens (tertiary/aromatic N) is 3. The summed E-state index contributed by atoms with van der Waals surface area (Å²) >= 11 is 0. The number of hydrogen-bond acceptors (Lipinski definition) is 3. The lowest BCUT2D eigenvalue weighted by atomic mass is 10.1. The van der Waals surface area contributed by atoms with Gasteiger partial charge in [0.1, 0.15) is 0 Å². The molecule has 3 rings (SSSR count). The number of fused-ring (bicyclic) bond motifs is 1. The maximum Gasteiger partial charge on any atom is 0.265 e. The molecule has 1 amide bonds.